The molecule has 0 aliphatic rings. The molecule has 3 N–H and O–H groups in total. The number of anilines is 1. The summed E-state index contributed by atoms with van der Waals surface area (Å²) in [6.45, 7) is 0.707. The largest absolute Gasteiger partial charge is 0.478 e. The van der Waals surface area contributed by atoms with Crippen molar-refractivity contribution in [3.05, 3.63) is 27.3 Å². The maximum absolute atomic E-state index is 12.0. The number of urea groups is 1. The maximum Gasteiger partial charge on any atom is 0.337 e. The molecule has 116 valence electrons. The van der Waals surface area contributed by atoms with E-state index in [1.807, 2.05) is 22.6 Å². The molecular formula is C14H19IN2O4. The molecule has 1 aromatic carbocycles. The first-order valence-corrected chi connectivity index (χ1v) is 7.69. The predicted molar refractivity (Wildman–Crippen MR) is 88.7 cm³/mol. The van der Waals surface area contributed by atoms with Crippen molar-refractivity contribution in [1.82, 2.24) is 4.90 Å². The van der Waals surface area contributed by atoms with Crippen LogP contribution in [0.3, 0.4) is 0 Å². The van der Waals surface area contributed by atoms with Gasteiger partial charge >= 0.3 is 12.0 Å². The number of carbonyl (C=O) groups is 2. The third kappa shape index (κ3) is 5.88. The topological polar surface area (TPSA) is 89.9 Å². The quantitative estimate of drug-likeness (QED) is 0.480. The van der Waals surface area contributed by atoms with Gasteiger partial charge in [0.1, 0.15) is 0 Å². The molecule has 0 radical (unpaired) electrons. The zero-order chi connectivity index (χ0) is 15.8. The first-order valence-electron chi connectivity index (χ1n) is 6.61. The lowest BCUT2D eigenvalue weighted by Gasteiger charge is -2.18. The lowest BCUT2D eigenvalue weighted by atomic mass is 10.2. The molecule has 0 aliphatic heterocycles. The number of benzene rings is 1. The minimum absolute atomic E-state index is 0.0731. The summed E-state index contributed by atoms with van der Waals surface area (Å²) in [6, 6.07) is 4.49. The van der Waals surface area contributed by atoms with Gasteiger partial charge in [0, 0.05) is 23.8 Å². The van der Waals surface area contributed by atoms with Gasteiger partial charge in [0.15, 0.2) is 0 Å². The number of aliphatic hydroxyl groups is 1. The highest BCUT2D eigenvalue weighted by atomic mass is 127. The predicted octanol–water partition coefficient (Wildman–Crippen LogP) is 2.62. The van der Waals surface area contributed by atoms with Crippen molar-refractivity contribution in [2.45, 2.75) is 19.3 Å². The Kier molecular flexibility index (Phi) is 7.44. The second-order valence-corrected chi connectivity index (χ2v) is 5.88. The highest BCUT2D eigenvalue weighted by molar-refractivity contribution is 14.1. The van der Waals surface area contributed by atoms with Crippen LogP contribution in [0.2, 0.25) is 0 Å². The van der Waals surface area contributed by atoms with Crippen LogP contribution in [-0.2, 0) is 0 Å². The van der Waals surface area contributed by atoms with Crippen LogP contribution in [0, 0.1) is 3.57 Å². The molecule has 0 saturated carbocycles. The molecule has 0 spiro atoms. The van der Waals surface area contributed by atoms with Gasteiger partial charge < -0.3 is 20.4 Å². The molecule has 0 saturated heterocycles. The number of hydrogen-bond acceptors (Lipinski definition) is 3. The lowest BCUT2D eigenvalue weighted by Crippen LogP contribution is -2.32. The molecule has 7 heteroatoms. The van der Waals surface area contributed by atoms with Crippen molar-refractivity contribution in [3.63, 3.8) is 0 Å². The maximum atomic E-state index is 12.0. The number of carboxylic acid groups (broad SMARTS) is 1. The van der Waals surface area contributed by atoms with Crippen LogP contribution >= 0.6 is 22.6 Å². The molecule has 0 atom stereocenters. The smallest absolute Gasteiger partial charge is 0.337 e. The van der Waals surface area contributed by atoms with E-state index in [4.69, 9.17) is 10.2 Å². The fourth-order valence-corrected chi connectivity index (χ4v) is 2.24. The van der Waals surface area contributed by atoms with Gasteiger partial charge in [-0.3, -0.25) is 0 Å². The average molecular weight is 406 g/mol. The minimum Gasteiger partial charge on any atom is -0.478 e. The Morgan fingerprint density at radius 1 is 1.29 bits per heavy atom. The SMILES string of the molecule is CN(CCCCCO)C(=O)Nc1ccc(I)cc1C(=O)O. The van der Waals surface area contributed by atoms with E-state index in [1.165, 1.54) is 11.0 Å². The van der Waals surface area contributed by atoms with Crippen molar-refractivity contribution in [3.8, 4) is 0 Å². The van der Waals surface area contributed by atoms with E-state index in [0.717, 1.165) is 22.8 Å². The monoisotopic (exact) mass is 406 g/mol. The number of aromatic carboxylic acids is 1. The first-order chi connectivity index (χ1) is 9.95. The van der Waals surface area contributed by atoms with E-state index in [9.17, 15) is 9.59 Å². The number of unbranched alkanes of at least 4 members (excludes halogenated alkanes) is 2. The van der Waals surface area contributed by atoms with E-state index >= 15 is 0 Å². The van der Waals surface area contributed by atoms with Crippen LogP contribution in [0.4, 0.5) is 10.5 Å². The number of carbonyl (C=O) groups excluding carboxylic acids is 1. The molecule has 1 aromatic rings. The second-order valence-electron chi connectivity index (χ2n) is 4.63. The van der Waals surface area contributed by atoms with Gasteiger partial charge in [0.2, 0.25) is 0 Å². The van der Waals surface area contributed by atoms with E-state index < -0.39 is 5.97 Å². The first kappa shape index (κ1) is 17.7. The van der Waals surface area contributed by atoms with Crippen LogP contribution in [0.15, 0.2) is 18.2 Å². The third-order valence-corrected chi connectivity index (χ3v) is 3.62. The standard InChI is InChI=1S/C14H19IN2O4/c1-17(7-3-2-4-8-18)14(21)16-12-6-5-10(15)9-11(12)13(19)20/h5-6,9,18H,2-4,7-8H2,1H3,(H,16,21)(H,19,20). The molecule has 0 aromatic heterocycles. The van der Waals surface area contributed by atoms with Crippen molar-refractivity contribution >= 4 is 40.3 Å². The molecule has 1 rings (SSSR count). The molecule has 0 fully saturated rings. The third-order valence-electron chi connectivity index (χ3n) is 2.95. The number of rotatable bonds is 7. The summed E-state index contributed by atoms with van der Waals surface area (Å²) < 4.78 is 0.792. The molecule has 21 heavy (non-hydrogen) atoms. The number of aliphatic hydroxyl groups excluding tert-OH is 1. The lowest BCUT2D eigenvalue weighted by molar-refractivity contribution is 0.0698. The van der Waals surface area contributed by atoms with Crippen LogP contribution in [0.5, 0.6) is 0 Å². The fraction of sp³-hybridized carbons (Fsp3) is 0.429. The van der Waals surface area contributed by atoms with Gasteiger partial charge in [-0.05, 0) is 60.1 Å². The van der Waals surface area contributed by atoms with Crippen molar-refractivity contribution in [2.24, 2.45) is 0 Å². The number of amides is 2. The summed E-state index contributed by atoms with van der Waals surface area (Å²) in [5.41, 5.74) is 0.360. The van der Waals surface area contributed by atoms with E-state index in [1.54, 1.807) is 19.2 Å². The van der Waals surface area contributed by atoms with Crippen LogP contribution in [-0.4, -0.2) is 47.3 Å². The minimum atomic E-state index is -1.07. The number of nitrogens with zero attached hydrogens (tertiary/aromatic N) is 1. The molecule has 0 aliphatic carbocycles. The molecular weight excluding hydrogens is 387 g/mol. The Morgan fingerprint density at radius 2 is 2.00 bits per heavy atom. The summed E-state index contributed by atoms with van der Waals surface area (Å²) in [5.74, 6) is -1.07. The number of carboxylic acids is 1. The van der Waals surface area contributed by atoms with E-state index in [-0.39, 0.29) is 23.9 Å². The summed E-state index contributed by atoms with van der Waals surface area (Å²) in [6.07, 6.45) is 2.36. The Hall–Kier alpha value is -1.35. The van der Waals surface area contributed by atoms with Gasteiger partial charge in [0.05, 0.1) is 11.3 Å². The molecule has 0 bridgehead atoms. The Bertz CT molecular complexity index is 508. The molecule has 6 nitrogen and oxygen atoms in total. The highest BCUT2D eigenvalue weighted by Crippen LogP contribution is 2.19. The van der Waals surface area contributed by atoms with Gasteiger partial charge in [-0.15, -0.1) is 0 Å². The van der Waals surface area contributed by atoms with Gasteiger partial charge in [-0.1, -0.05) is 0 Å². The average Bonchev–Trinajstić information content (AvgIpc) is 2.44. The van der Waals surface area contributed by atoms with Crippen LogP contribution < -0.4 is 5.32 Å². The van der Waals surface area contributed by atoms with Crippen LogP contribution in [0.25, 0.3) is 0 Å². The highest BCUT2D eigenvalue weighted by Gasteiger charge is 2.15. The zero-order valence-electron chi connectivity index (χ0n) is 11.8. The number of hydrogen-bond donors (Lipinski definition) is 3. The normalized spacial score (nSPS) is 10.2. The summed E-state index contributed by atoms with van der Waals surface area (Å²) >= 11 is 2.02. The van der Waals surface area contributed by atoms with Crippen molar-refractivity contribution in [2.75, 3.05) is 25.5 Å². The number of nitrogens with one attached hydrogen (secondary N) is 1. The van der Waals surface area contributed by atoms with Crippen LogP contribution in [0.1, 0.15) is 29.6 Å². The van der Waals surface area contributed by atoms with E-state index in [0.29, 0.717) is 6.54 Å². The summed E-state index contributed by atoms with van der Waals surface area (Å²) in [4.78, 5) is 24.7. The fourth-order valence-electron chi connectivity index (χ4n) is 1.75. The Balaban J connectivity index is 2.64. The molecule has 2 amide bonds. The Labute approximate surface area is 137 Å². The molecule has 0 heterocycles. The number of halogens is 1. The second kappa shape index (κ2) is 8.83. The van der Waals surface area contributed by atoms with Gasteiger partial charge in [-0.25, -0.2) is 9.59 Å². The summed E-state index contributed by atoms with van der Waals surface area (Å²) in [7, 11) is 1.65. The van der Waals surface area contributed by atoms with Gasteiger partial charge in [0.25, 0.3) is 0 Å². The van der Waals surface area contributed by atoms with Crippen molar-refractivity contribution in [1.29, 1.82) is 0 Å². The molecule has 0 unspecified atom stereocenters. The van der Waals surface area contributed by atoms with Crippen molar-refractivity contribution < 1.29 is 19.8 Å². The zero-order valence-corrected chi connectivity index (χ0v) is 14.0. The summed E-state index contributed by atoms with van der Waals surface area (Å²) in [5, 5.41) is 20.5. The van der Waals surface area contributed by atoms with Gasteiger partial charge in [-0.2, -0.15) is 0 Å². The Morgan fingerprint density at radius 3 is 2.62 bits per heavy atom. The van der Waals surface area contributed by atoms with E-state index in [2.05, 4.69) is 5.32 Å².